The highest BCUT2D eigenvalue weighted by Gasteiger charge is 2.42. The van der Waals surface area contributed by atoms with Crippen LogP contribution in [0.15, 0.2) is 58.3 Å². The predicted octanol–water partition coefficient (Wildman–Crippen LogP) is 5.40. The molecule has 1 N–H and O–H groups in total. The molecule has 1 aliphatic carbocycles. The van der Waals surface area contributed by atoms with Crippen LogP contribution in [-0.2, 0) is 4.79 Å². The lowest BCUT2D eigenvalue weighted by atomic mass is 9.69. The van der Waals surface area contributed by atoms with Gasteiger partial charge >= 0.3 is 0 Å². The summed E-state index contributed by atoms with van der Waals surface area (Å²) in [6.45, 7) is 4.10. The van der Waals surface area contributed by atoms with Gasteiger partial charge in [0.25, 0.3) is 0 Å². The van der Waals surface area contributed by atoms with Crippen LogP contribution in [0.4, 0.5) is 0 Å². The maximum absolute atomic E-state index is 13.5. The van der Waals surface area contributed by atoms with Crippen LogP contribution in [0.3, 0.4) is 0 Å². The molecule has 204 valence electrons. The number of rotatable bonds is 9. The molecular formula is C30H32N2O6S. The number of dihydropyridines is 1. The van der Waals surface area contributed by atoms with Crippen molar-refractivity contribution in [2.24, 2.45) is 5.41 Å². The molecule has 0 fully saturated rings. The molecule has 2 aromatic rings. The van der Waals surface area contributed by atoms with E-state index in [1.165, 1.54) is 33.1 Å². The van der Waals surface area contributed by atoms with Crippen LogP contribution in [0.1, 0.15) is 48.5 Å². The maximum atomic E-state index is 13.5. The average Bonchev–Trinajstić information content (AvgIpc) is 2.93. The van der Waals surface area contributed by atoms with Gasteiger partial charge in [-0.15, -0.1) is 0 Å². The first-order valence-corrected chi connectivity index (χ1v) is 13.4. The summed E-state index contributed by atoms with van der Waals surface area (Å²) in [6, 6.07) is 12.8. The maximum Gasteiger partial charge on any atom is 0.203 e. The summed E-state index contributed by atoms with van der Waals surface area (Å²) in [7, 11) is 6.14. The van der Waals surface area contributed by atoms with Gasteiger partial charge in [0.1, 0.15) is 5.75 Å². The molecule has 1 atom stereocenters. The molecule has 0 saturated carbocycles. The van der Waals surface area contributed by atoms with Crippen LogP contribution in [0.25, 0.3) is 0 Å². The van der Waals surface area contributed by atoms with Gasteiger partial charge in [0.05, 0.1) is 56.8 Å². The number of nitriles is 1. The molecule has 2 aliphatic rings. The fourth-order valence-corrected chi connectivity index (χ4v) is 6.05. The molecule has 0 bridgehead atoms. The number of thioether (sulfide) groups is 1. The number of ketones is 2. The normalized spacial score (nSPS) is 18.1. The number of carbonyl (C=O) groups excluding carboxylic acids is 2. The zero-order valence-electron chi connectivity index (χ0n) is 23.0. The lowest BCUT2D eigenvalue weighted by Crippen LogP contribution is -2.37. The van der Waals surface area contributed by atoms with Gasteiger partial charge < -0.3 is 24.3 Å². The van der Waals surface area contributed by atoms with Crippen LogP contribution >= 0.6 is 11.8 Å². The van der Waals surface area contributed by atoms with Gasteiger partial charge in [-0.2, -0.15) is 5.26 Å². The van der Waals surface area contributed by atoms with E-state index in [1.807, 2.05) is 13.8 Å². The molecule has 2 aromatic carbocycles. The Labute approximate surface area is 233 Å². The number of hydrogen-bond acceptors (Lipinski definition) is 9. The van der Waals surface area contributed by atoms with Crippen LogP contribution in [0, 0.1) is 16.7 Å². The Morgan fingerprint density at radius 2 is 1.67 bits per heavy atom. The molecular weight excluding hydrogens is 516 g/mol. The van der Waals surface area contributed by atoms with Gasteiger partial charge in [-0.05, 0) is 53.8 Å². The molecule has 4 rings (SSSR count). The predicted molar refractivity (Wildman–Crippen MR) is 149 cm³/mol. The summed E-state index contributed by atoms with van der Waals surface area (Å²) in [5.41, 5.74) is 2.67. The number of carbonyl (C=O) groups is 2. The summed E-state index contributed by atoms with van der Waals surface area (Å²) >= 11 is 1.26. The highest BCUT2D eigenvalue weighted by Crippen LogP contribution is 2.50. The smallest absolute Gasteiger partial charge is 0.203 e. The number of Topliss-reactive ketones (excluding diaryl/α,β-unsaturated/α-hetero) is 2. The molecule has 9 heteroatoms. The van der Waals surface area contributed by atoms with Gasteiger partial charge in [0.2, 0.25) is 5.75 Å². The van der Waals surface area contributed by atoms with Crippen molar-refractivity contribution in [2.45, 2.75) is 32.6 Å². The highest BCUT2D eigenvalue weighted by molar-refractivity contribution is 8.03. The van der Waals surface area contributed by atoms with Crippen molar-refractivity contribution in [2.75, 3.05) is 34.2 Å². The third kappa shape index (κ3) is 5.62. The molecule has 0 saturated heterocycles. The molecule has 0 aromatic heterocycles. The molecule has 0 unspecified atom stereocenters. The van der Waals surface area contributed by atoms with Crippen molar-refractivity contribution < 1.29 is 28.5 Å². The van der Waals surface area contributed by atoms with E-state index in [0.29, 0.717) is 63.1 Å². The van der Waals surface area contributed by atoms with Gasteiger partial charge in [-0.1, -0.05) is 25.6 Å². The third-order valence-corrected chi connectivity index (χ3v) is 7.92. The van der Waals surface area contributed by atoms with Crippen molar-refractivity contribution in [3.8, 4) is 29.1 Å². The minimum Gasteiger partial charge on any atom is -0.497 e. The SMILES string of the molecule is COc1ccc(C(=O)CSC2=C(C#N)[C@@H](c3cc(OC)c(OC)c(OC)c3)C3=C(CC(C)(C)CC3=O)N2)cc1. The largest absolute Gasteiger partial charge is 0.497 e. The van der Waals surface area contributed by atoms with E-state index in [2.05, 4.69) is 11.4 Å². The number of nitrogens with zero attached hydrogens (tertiary/aromatic N) is 1. The molecule has 0 amide bonds. The van der Waals surface area contributed by atoms with Crippen molar-refractivity contribution in [1.82, 2.24) is 5.32 Å². The Kier molecular flexibility index (Phi) is 8.26. The topological polar surface area (TPSA) is 107 Å². The lowest BCUT2D eigenvalue weighted by molar-refractivity contribution is -0.118. The number of methoxy groups -OCH3 is 4. The summed E-state index contributed by atoms with van der Waals surface area (Å²) in [6.07, 6.45) is 0.996. The molecule has 1 aliphatic heterocycles. The van der Waals surface area contributed by atoms with E-state index in [4.69, 9.17) is 18.9 Å². The standard InChI is InChI=1S/C30H32N2O6S/c1-30(2)13-21-27(22(33)14-30)26(18-11-24(36-4)28(38-6)25(12-18)37-5)20(15-31)29(32-21)39-16-23(34)17-7-9-19(35-3)10-8-17/h7-12,26,32H,13-14,16H2,1-6H3/t26-/m1/s1. The first kappa shape index (κ1) is 28.1. The second-order valence-corrected chi connectivity index (χ2v) is 11.1. The lowest BCUT2D eigenvalue weighted by Gasteiger charge is -2.39. The zero-order chi connectivity index (χ0) is 28.3. The average molecular weight is 549 g/mol. The Morgan fingerprint density at radius 3 is 2.21 bits per heavy atom. The van der Waals surface area contributed by atoms with Gasteiger partial charge in [0, 0.05) is 23.3 Å². The van der Waals surface area contributed by atoms with Crippen LogP contribution in [0.2, 0.25) is 0 Å². The number of hydrogen-bond donors (Lipinski definition) is 1. The fourth-order valence-electron chi connectivity index (χ4n) is 5.09. The fraction of sp³-hybridized carbons (Fsp3) is 0.367. The zero-order valence-corrected chi connectivity index (χ0v) is 23.8. The van der Waals surface area contributed by atoms with Crippen molar-refractivity contribution in [1.29, 1.82) is 5.26 Å². The minimum atomic E-state index is -0.651. The van der Waals surface area contributed by atoms with E-state index in [1.54, 1.807) is 43.5 Å². The van der Waals surface area contributed by atoms with Crippen LogP contribution < -0.4 is 24.3 Å². The first-order chi connectivity index (χ1) is 18.7. The Bertz CT molecular complexity index is 1380. The number of ether oxygens (including phenoxy) is 4. The molecule has 39 heavy (non-hydrogen) atoms. The van der Waals surface area contributed by atoms with E-state index in [-0.39, 0.29) is 22.7 Å². The van der Waals surface area contributed by atoms with Crippen molar-refractivity contribution >= 4 is 23.3 Å². The summed E-state index contributed by atoms with van der Waals surface area (Å²) < 4.78 is 21.8. The quantitative estimate of drug-likeness (QED) is 0.412. The van der Waals surface area contributed by atoms with Gasteiger partial charge in [-0.25, -0.2) is 0 Å². The van der Waals surface area contributed by atoms with Crippen molar-refractivity contribution in [3.05, 3.63) is 69.4 Å². The van der Waals surface area contributed by atoms with E-state index >= 15 is 0 Å². The minimum absolute atomic E-state index is 0.0152. The second kappa shape index (κ2) is 11.5. The van der Waals surface area contributed by atoms with Crippen molar-refractivity contribution in [3.63, 3.8) is 0 Å². The molecule has 0 spiro atoms. The van der Waals surface area contributed by atoms with Gasteiger partial charge in [0.15, 0.2) is 23.1 Å². The molecule has 8 nitrogen and oxygen atoms in total. The highest BCUT2D eigenvalue weighted by atomic mass is 32.2. The van der Waals surface area contributed by atoms with Crippen LogP contribution in [0.5, 0.6) is 23.0 Å². The number of benzene rings is 2. The Morgan fingerprint density at radius 1 is 1.03 bits per heavy atom. The summed E-state index contributed by atoms with van der Waals surface area (Å²) in [5.74, 6) is 1.31. The van der Waals surface area contributed by atoms with E-state index < -0.39 is 5.92 Å². The third-order valence-electron chi connectivity index (χ3n) is 6.91. The van der Waals surface area contributed by atoms with E-state index in [9.17, 15) is 14.9 Å². The summed E-state index contributed by atoms with van der Waals surface area (Å²) in [4.78, 5) is 26.5. The monoisotopic (exact) mass is 548 g/mol. The second-order valence-electron chi connectivity index (χ2n) is 10.1. The Hall–Kier alpha value is -3.90. The van der Waals surface area contributed by atoms with Gasteiger partial charge in [-0.3, -0.25) is 9.59 Å². The Balaban J connectivity index is 1.79. The number of nitrogens with one attached hydrogen (secondary N) is 1. The summed E-state index contributed by atoms with van der Waals surface area (Å²) in [5, 5.41) is 14.3. The first-order valence-electron chi connectivity index (χ1n) is 12.4. The van der Waals surface area contributed by atoms with E-state index in [0.717, 1.165) is 5.70 Å². The molecule has 1 heterocycles. The molecule has 0 radical (unpaired) electrons. The van der Waals surface area contributed by atoms with Crippen LogP contribution in [-0.4, -0.2) is 45.8 Å². The number of allylic oxidation sites excluding steroid dienone is 3.